The van der Waals surface area contributed by atoms with E-state index >= 15 is 0 Å². The summed E-state index contributed by atoms with van der Waals surface area (Å²) in [5, 5.41) is 0. The average molecular weight is 293 g/mol. The Balaban J connectivity index is 2.37. The van der Waals surface area contributed by atoms with Crippen LogP contribution in [0, 0.1) is 0 Å². The summed E-state index contributed by atoms with van der Waals surface area (Å²) >= 11 is 0. The third-order valence-electron chi connectivity index (χ3n) is 3.39. The lowest BCUT2D eigenvalue weighted by Crippen LogP contribution is -2.27. The van der Waals surface area contributed by atoms with E-state index in [0.29, 0.717) is 18.8 Å². The maximum atomic E-state index is 11.9. The number of esters is 1. The smallest absolute Gasteiger partial charge is 0.338 e. The molecule has 1 aromatic rings. The van der Waals surface area contributed by atoms with E-state index in [1.165, 1.54) is 0 Å². The molecule has 0 amide bonds. The van der Waals surface area contributed by atoms with Crippen molar-refractivity contribution in [2.45, 2.75) is 33.6 Å². The Morgan fingerprint density at radius 3 is 2.29 bits per heavy atom. The van der Waals surface area contributed by atoms with E-state index < -0.39 is 0 Å². The molecule has 0 aliphatic rings. The summed E-state index contributed by atoms with van der Waals surface area (Å²) in [7, 11) is 0. The normalized spacial score (nSPS) is 10.7. The highest BCUT2D eigenvalue weighted by atomic mass is 16.5. The number of likely N-dealkylation sites (N-methyl/N-ethyl adjacent to an activating group) is 1. The van der Waals surface area contributed by atoms with Crippen LogP contribution in [0.4, 0.5) is 0 Å². The molecule has 0 fully saturated rings. The van der Waals surface area contributed by atoms with Crippen LogP contribution >= 0.6 is 0 Å². The number of carbonyl (C=O) groups is 1. The van der Waals surface area contributed by atoms with Gasteiger partial charge in [-0.3, -0.25) is 0 Å². The number of benzene rings is 1. The molecule has 0 aromatic heterocycles. The van der Waals surface area contributed by atoms with Gasteiger partial charge in [0.15, 0.2) is 0 Å². The first-order chi connectivity index (χ1) is 10.2. The van der Waals surface area contributed by atoms with E-state index in [1.54, 1.807) is 12.1 Å². The Morgan fingerprint density at radius 2 is 1.71 bits per heavy atom. The lowest BCUT2D eigenvalue weighted by atomic mass is 10.2. The standard InChI is InChI=1S/C17H27NO3/c1-4-7-13-20-16-10-8-15(9-11-16)17(19)21-14-12-18(5-2)6-3/h8-11H,4-7,12-14H2,1-3H3. The zero-order valence-electron chi connectivity index (χ0n) is 13.4. The van der Waals surface area contributed by atoms with Gasteiger partial charge in [-0.15, -0.1) is 0 Å². The summed E-state index contributed by atoms with van der Waals surface area (Å²) in [6.45, 7) is 10.2. The summed E-state index contributed by atoms with van der Waals surface area (Å²) in [4.78, 5) is 14.1. The molecule has 0 aliphatic carbocycles. The van der Waals surface area contributed by atoms with Crippen molar-refractivity contribution in [2.24, 2.45) is 0 Å². The maximum absolute atomic E-state index is 11.9. The molecule has 0 N–H and O–H groups in total. The second-order valence-corrected chi connectivity index (χ2v) is 4.89. The van der Waals surface area contributed by atoms with Crippen LogP contribution in [-0.2, 0) is 4.74 Å². The highest BCUT2D eigenvalue weighted by Crippen LogP contribution is 2.13. The number of hydrogen-bond acceptors (Lipinski definition) is 4. The predicted octanol–water partition coefficient (Wildman–Crippen LogP) is 3.36. The van der Waals surface area contributed by atoms with Crippen molar-refractivity contribution in [3.8, 4) is 5.75 Å². The van der Waals surface area contributed by atoms with Crippen LogP contribution in [0.15, 0.2) is 24.3 Å². The van der Waals surface area contributed by atoms with Gasteiger partial charge in [0.1, 0.15) is 12.4 Å². The molecule has 1 rings (SSSR count). The highest BCUT2D eigenvalue weighted by molar-refractivity contribution is 5.89. The highest BCUT2D eigenvalue weighted by Gasteiger charge is 2.08. The molecule has 1 aromatic carbocycles. The summed E-state index contributed by atoms with van der Waals surface area (Å²) in [5.74, 6) is 0.519. The number of unbranched alkanes of at least 4 members (excludes halogenated alkanes) is 1. The van der Waals surface area contributed by atoms with Crippen LogP contribution in [0.25, 0.3) is 0 Å². The quantitative estimate of drug-likeness (QED) is 0.490. The number of ether oxygens (including phenoxy) is 2. The Morgan fingerprint density at radius 1 is 1.05 bits per heavy atom. The van der Waals surface area contributed by atoms with Crippen LogP contribution in [-0.4, -0.2) is 43.7 Å². The minimum Gasteiger partial charge on any atom is -0.494 e. The molecule has 0 heterocycles. The van der Waals surface area contributed by atoms with Gasteiger partial charge in [0.2, 0.25) is 0 Å². The summed E-state index contributed by atoms with van der Waals surface area (Å²) < 4.78 is 10.8. The van der Waals surface area contributed by atoms with Gasteiger partial charge < -0.3 is 14.4 Å². The largest absolute Gasteiger partial charge is 0.494 e. The van der Waals surface area contributed by atoms with Gasteiger partial charge in [-0.2, -0.15) is 0 Å². The van der Waals surface area contributed by atoms with Gasteiger partial charge in [-0.1, -0.05) is 27.2 Å². The molecule has 0 radical (unpaired) electrons. The molecule has 0 saturated heterocycles. The molecule has 0 aliphatic heterocycles. The molecular formula is C17H27NO3. The van der Waals surface area contributed by atoms with Crippen molar-refractivity contribution in [3.63, 3.8) is 0 Å². The van der Waals surface area contributed by atoms with Crippen LogP contribution in [0.1, 0.15) is 44.0 Å². The van der Waals surface area contributed by atoms with Crippen molar-refractivity contribution in [1.29, 1.82) is 0 Å². The van der Waals surface area contributed by atoms with E-state index in [0.717, 1.165) is 38.2 Å². The maximum Gasteiger partial charge on any atom is 0.338 e. The minimum absolute atomic E-state index is 0.276. The van der Waals surface area contributed by atoms with Gasteiger partial charge in [0.25, 0.3) is 0 Å². The first-order valence-electron chi connectivity index (χ1n) is 7.83. The summed E-state index contributed by atoms with van der Waals surface area (Å²) in [6, 6.07) is 7.13. The van der Waals surface area contributed by atoms with Crippen molar-refractivity contribution in [2.75, 3.05) is 32.8 Å². The zero-order chi connectivity index (χ0) is 15.5. The van der Waals surface area contributed by atoms with E-state index in [9.17, 15) is 4.79 Å². The molecule has 118 valence electrons. The first kappa shape index (κ1) is 17.5. The van der Waals surface area contributed by atoms with Crippen molar-refractivity contribution >= 4 is 5.97 Å². The van der Waals surface area contributed by atoms with Crippen LogP contribution in [0.3, 0.4) is 0 Å². The molecule has 21 heavy (non-hydrogen) atoms. The van der Waals surface area contributed by atoms with E-state index in [2.05, 4.69) is 25.7 Å². The molecule has 4 heteroatoms. The van der Waals surface area contributed by atoms with Gasteiger partial charge in [0.05, 0.1) is 12.2 Å². The van der Waals surface area contributed by atoms with Gasteiger partial charge >= 0.3 is 5.97 Å². The monoisotopic (exact) mass is 293 g/mol. The van der Waals surface area contributed by atoms with E-state index in [-0.39, 0.29) is 5.97 Å². The number of hydrogen-bond donors (Lipinski definition) is 0. The van der Waals surface area contributed by atoms with Gasteiger partial charge in [-0.05, 0) is 43.8 Å². The predicted molar refractivity (Wildman–Crippen MR) is 84.9 cm³/mol. The zero-order valence-corrected chi connectivity index (χ0v) is 13.4. The second kappa shape index (κ2) is 10.2. The molecular weight excluding hydrogens is 266 g/mol. The Labute approximate surface area is 128 Å². The van der Waals surface area contributed by atoms with Crippen LogP contribution < -0.4 is 4.74 Å². The molecule has 0 bridgehead atoms. The third-order valence-corrected chi connectivity index (χ3v) is 3.39. The van der Waals surface area contributed by atoms with Crippen molar-refractivity contribution in [3.05, 3.63) is 29.8 Å². The van der Waals surface area contributed by atoms with E-state index in [1.807, 2.05) is 12.1 Å². The molecule has 4 nitrogen and oxygen atoms in total. The second-order valence-electron chi connectivity index (χ2n) is 4.89. The Kier molecular flexibility index (Phi) is 8.51. The van der Waals surface area contributed by atoms with Gasteiger partial charge in [0, 0.05) is 6.54 Å². The molecule has 0 unspecified atom stereocenters. The number of carbonyl (C=O) groups excluding carboxylic acids is 1. The fourth-order valence-corrected chi connectivity index (χ4v) is 1.91. The fourth-order valence-electron chi connectivity index (χ4n) is 1.91. The van der Waals surface area contributed by atoms with Gasteiger partial charge in [-0.25, -0.2) is 4.79 Å². The number of rotatable bonds is 10. The Bertz CT molecular complexity index is 399. The SMILES string of the molecule is CCCCOc1ccc(C(=O)OCCN(CC)CC)cc1. The average Bonchev–Trinajstić information content (AvgIpc) is 2.52. The van der Waals surface area contributed by atoms with Crippen molar-refractivity contribution < 1.29 is 14.3 Å². The van der Waals surface area contributed by atoms with E-state index in [4.69, 9.17) is 9.47 Å². The summed E-state index contributed by atoms with van der Waals surface area (Å²) in [6.07, 6.45) is 2.14. The van der Waals surface area contributed by atoms with Crippen LogP contribution in [0.5, 0.6) is 5.75 Å². The molecule has 0 saturated carbocycles. The topological polar surface area (TPSA) is 38.8 Å². The number of nitrogens with zero attached hydrogens (tertiary/aromatic N) is 1. The minimum atomic E-state index is -0.276. The Hall–Kier alpha value is -1.55. The van der Waals surface area contributed by atoms with Crippen molar-refractivity contribution in [1.82, 2.24) is 4.90 Å². The summed E-state index contributed by atoms with van der Waals surface area (Å²) in [5.41, 5.74) is 0.567. The third kappa shape index (κ3) is 6.63. The van der Waals surface area contributed by atoms with Crippen LogP contribution in [0.2, 0.25) is 0 Å². The lowest BCUT2D eigenvalue weighted by molar-refractivity contribution is 0.0466. The fraction of sp³-hybridized carbons (Fsp3) is 0.588. The molecule has 0 atom stereocenters. The lowest BCUT2D eigenvalue weighted by Gasteiger charge is -2.17. The molecule has 0 spiro atoms. The first-order valence-corrected chi connectivity index (χ1v) is 7.83.